The molecule has 1 aromatic carbocycles. The molecule has 96 valence electrons. The maximum Gasteiger partial charge on any atom is 0.177 e. The Morgan fingerprint density at radius 1 is 1.11 bits per heavy atom. The molecule has 0 saturated carbocycles. The van der Waals surface area contributed by atoms with Gasteiger partial charge in [0.05, 0.1) is 11.4 Å². The van der Waals surface area contributed by atoms with E-state index in [-0.39, 0.29) is 5.92 Å². The van der Waals surface area contributed by atoms with Crippen LogP contribution in [0.3, 0.4) is 0 Å². The Bertz CT molecular complexity index is 688. The SMILES string of the molecule is Cc1ccc2[nH]c(C(CN)c3ccccc3)nc2n1. The molecule has 0 fully saturated rings. The first-order valence-corrected chi connectivity index (χ1v) is 6.36. The molecule has 19 heavy (non-hydrogen) atoms. The Kier molecular flexibility index (Phi) is 3.01. The first kappa shape index (κ1) is 11.9. The van der Waals surface area contributed by atoms with Gasteiger partial charge < -0.3 is 10.7 Å². The third-order valence-corrected chi connectivity index (χ3v) is 3.27. The lowest BCUT2D eigenvalue weighted by atomic mass is 9.99. The van der Waals surface area contributed by atoms with E-state index in [1.54, 1.807) is 0 Å². The summed E-state index contributed by atoms with van der Waals surface area (Å²) in [6, 6.07) is 14.2. The molecule has 1 unspecified atom stereocenters. The fourth-order valence-electron chi connectivity index (χ4n) is 2.26. The van der Waals surface area contributed by atoms with E-state index in [1.807, 2.05) is 37.3 Å². The van der Waals surface area contributed by atoms with Gasteiger partial charge in [0.15, 0.2) is 5.65 Å². The van der Waals surface area contributed by atoms with Gasteiger partial charge in [-0.05, 0) is 24.6 Å². The minimum Gasteiger partial charge on any atom is -0.340 e. The number of H-pyrrole nitrogens is 1. The quantitative estimate of drug-likeness (QED) is 0.752. The molecule has 3 aromatic rings. The van der Waals surface area contributed by atoms with Crippen molar-refractivity contribution in [2.75, 3.05) is 6.54 Å². The van der Waals surface area contributed by atoms with E-state index < -0.39 is 0 Å². The van der Waals surface area contributed by atoms with Crippen molar-refractivity contribution in [3.63, 3.8) is 0 Å². The van der Waals surface area contributed by atoms with Gasteiger partial charge in [0.2, 0.25) is 0 Å². The molecular formula is C15H16N4. The van der Waals surface area contributed by atoms with E-state index >= 15 is 0 Å². The zero-order valence-electron chi connectivity index (χ0n) is 10.8. The molecule has 0 spiro atoms. The Morgan fingerprint density at radius 2 is 1.89 bits per heavy atom. The topological polar surface area (TPSA) is 67.6 Å². The summed E-state index contributed by atoms with van der Waals surface area (Å²) in [4.78, 5) is 12.3. The normalized spacial score (nSPS) is 12.7. The fraction of sp³-hybridized carbons (Fsp3) is 0.200. The van der Waals surface area contributed by atoms with Crippen LogP contribution in [-0.4, -0.2) is 21.5 Å². The standard InChI is InChI=1S/C15H16N4/c1-10-7-8-13-15(17-10)19-14(18-13)12(9-16)11-5-3-2-4-6-11/h2-8,12H,9,16H2,1H3,(H,17,18,19). The fourth-order valence-corrected chi connectivity index (χ4v) is 2.26. The first-order valence-electron chi connectivity index (χ1n) is 6.36. The summed E-state index contributed by atoms with van der Waals surface area (Å²) in [6.07, 6.45) is 0. The van der Waals surface area contributed by atoms with E-state index in [9.17, 15) is 0 Å². The lowest BCUT2D eigenvalue weighted by molar-refractivity contribution is 0.768. The van der Waals surface area contributed by atoms with Crippen molar-refractivity contribution in [2.24, 2.45) is 5.73 Å². The zero-order chi connectivity index (χ0) is 13.2. The van der Waals surface area contributed by atoms with Crippen molar-refractivity contribution in [1.82, 2.24) is 15.0 Å². The van der Waals surface area contributed by atoms with Crippen LogP contribution in [0.4, 0.5) is 0 Å². The van der Waals surface area contributed by atoms with Crippen LogP contribution in [-0.2, 0) is 0 Å². The molecule has 0 aliphatic carbocycles. The van der Waals surface area contributed by atoms with Crippen LogP contribution in [0, 0.1) is 6.92 Å². The van der Waals surface area contributed by atoms with Gasteiger partial charge in [-0.3, -0.25) is 0 Å². The van der Waals surface area contributed by atoms with Gasteiger partial charge in [-0.15, -0.1) is 0 Å². The molecule has 3 rings (SSSR count). The molecular weight excluding hydrogens is 236 g/mol. The number of nitrogens with zero attached hydrogens (tertiary/aromatic N) is 2. The molecule has 0 saturated heterocycles. The van der Waals surface area contributed by atoms with Crippen LogP contribution >= 0.6 is 0 Å². The largest absolute Gasteiger partial charge is 0.340 e. The van der Waals surface area contributed by atoms with E-state index in [0.29, 0.717) is 6.54 Å². The van der Waals surface area contributed by atoms with Gasteiger partial charge in [-0.1, -0.05) is 30.3 Å². The lowest BCUT2D eigenvalue weighted by Crippen LogP contribution is -2.15. The summed E-state index contributed by atoms with van der Waals surface area (Å²) in [7, 11) is 0. The molecule has 1 atom stereocenters. The molecule has 4 nitrogen and oxygen atoms in total. The van der Waals surface area contributed by atoms with Crippen molar-refractivity contribution < 1.29 is 0 Å². The highest BCUT2D eigenvalue weighted by atomic mass is 15.0. The molecule has 2 aromatic heterocycles. The highest BCUT2D eigenvalue weighted by Gasteiger charge is 2.16. The highest BCUT2D eigenvalue weighted by molar-refractivity contribution is 5.70. The predicted octanol–water partition coefficient (Wildman–Crippen LogP) is 2.36. The Balaban J connectivity index is 2.07. The number of aromatic amines is 1. The maximum atomic E-state index is 5.91. The number of hydrogen-bond donors (Lipinski definition) is 2. The number of imidazole rings is 1. The van der Waals surface area contributed by atoms with Crippen molar-refractivity contribution in [1.29, 1.82) is 0 Å². The summed E-state index contributed by atoms with van der Waals surface area (Å²) < 4.78 is 0. The summed E-state index contributed by atoms with van der Waals surface area (Å²) in [5.41, 5.74) is 9.75. The van der Waals surface area contributed by atoms with Crippen molar-refractivity contribution in [3.8, 4) is 0 Å². The summed E-state index contributed by atoms with van der Waals surface area (Å²) in [6.45, 7) is 2.48. The van der Waals surface area contributed by atoms with Crippen LogP contribution in [0.1, 0.15) is 23.0 Å². The number of rotatable bonds is 3. The molecule has 0 amide bonds. The number of pyridine rings is 1. The average molecular weight is 252 g/mol. The van der Waals surface area contributed by atoms with Gasteiger partial charge >= 0.3 is 0 Å². The molecule has 3 N–H and O–H groups in total. The average Bonchev–Trinajstić information content (AvgIpc) is 2.83. The van der Waals surface area contributed by atoms with Gasteiger partial charge in [0.1, 0.15) is 5.82 Å². The number of nitrogens with two attached hydrogens (primary N) is 1. The van der Waals surface area contributed by atoms with E-state index in [4.69, 9.17) is 5.73 Å². The summed E-state index contributed by atoms with van der Waals surface area (Å²) in [5, 5.41) is 0. The number of fused-ring (bicyclic) bond motifs is 1. The van der Waals surface area contributed by atoms with Gasteiger partial charge in [-0.25, -0.2) is 9.97 Å². The predicted molar refractivity (Wildman–Crippen MR) is 76.0 cm³/mol. The van der Waals surface area contributed by atoms with Crippen LogP contribution < -0.4 is 5.73 Å². The van der Waals surface area contributed by atoms with Crippen molar-refractivity contribution >= 4 is 11.2 Å². The van der Waals surface area contributed by atoms with Crippen molar-refractivity contribution in [3.05, 3.63) is 59.5 Å². The zero-order valence-corrected chi connectivity index (χ0v) is 10.8. The van der Waals surface area contributed by atoms with Gasteiger partial charge in [0.25, 0.3) is 0 Å². The van der Waals surface area contributed by atoms with Crippen molar-refractivity contribution in [2.45, 2.75) is 12.8 Å². The monoisotopic (exact) mass is 252 g/mol. The Labute approximate surface area is 111 Å². The summed E-state index contributed by atoms with van der Waals surface area (Å²) in [5.74, 6) is 0.956. The van der Waals surface area contributed by atoms with Gasteiger partial charge in [0, 0.05) is 12.2 Å². The molecule has 2 heterocycles. The second-order valence-corrected chi connectivity index (χ2v) is 4.64. The molecule has 0 aliphatic rings. The van der Waals surface area contributed by atoms with Crippen LogP contribution in [0.25, 0.3) is 11.2 Å². The number of aryl methyl sites for hydroxylation is 1. The second-order valence-electron chi connectivity index (χ2n) is 4.64. The maximum absolute atomic E-state index is 5.91. The third kappa shape index (κ3) is 2.22. The second kappa shape index (κ2) is 4.82. The lowest BCUT2D eigenvalue weighted by Gasteiger charge is -2.11. The molecule has 0 aliphatic heterocycles. The Hall–Kier alpha value is -2.20. The molecule has 0 radical (unpaired) electrons. The first-order chi connectivity index (χ1) is 9.28. The number of hydrogen-bond acceptors (Lipinski definition) is 3. The van der Waals surface area contributed by atoms with Crippen LogP contribution in [0.5, 0.6) is 0 Å². The van der Waals surface area contributed by atoms with E-state index in [0.717, 1.165) is 22.7 Å². The minimum atomic E-state index is 0.0794. The van der Waals surface area contributed by atoms with Crippen LogP contribution in [0.15, 0.2) is 42.5 Å². The molecule has 4 heteroatoms. The van der Waals surface area contributed by atoms with Gasteiger partial charge in [-0.2, -0.15) is 0 Å². The number of benzene rings is 1. The molecule has 0 bridgehead atoms. The third-order valence-electron chi connectivity index (χ3n) is 3.27. The Morgan fingerprint density at radius 3 is 2.63 bits per heavy atom. The van der Waals surface area contributed by atoms with E-state index in [1.165, 1.54) is 5.56 Å². The smallest absolute Gasteiger partial charge is 0.177 e. The van der Waals surface area contributed by atoms with Crippen LogP contribution in [0.2, 0.25) is 0 Å². The van der Waals surface area contributed by atoms with E-state index in [2.05, 4.69) is 27.1 Å². The minimum absolute atomic E-state index is 0.0794. The number of nitrogens with one attached hydrogen (secondary N) is 1. The number of aromatic nitrogens is 3. The highest BCUT2D eigenvalue weighted by Crippen LogP contribution is 2.23. The summed E-state index contributed by atoms with van der Waals surface area (Å²) >= 11 is 0.